The molecule has 1 aromatic carbocycles. The molecule has 2 rings (SSSR count). The van der Waals surface area contributed by atoms with Gasteiger partial charge in [0.2, 0.25) is 5.39 Å². The molecule has 0 fully saturated rings. The van der Waals surface area contributed by atoms with Crippen LogP contribution in [-0.4, -0.2) is 22.5 Å². The molecule has 1 aliphatic heterocycles. The molecule has 0 aliphatic carbocycles. The van der Waals surface area contributed by atoms with Crippen molar-refractivity contribution in [3.05, 3.63) is 51.8 Å². The summed E-state index contributed by atoms with van der Waals surface area (Å²) >= 11 is 0. The quantitative estimate of drug-likeness (QED) is 0.468. The Morgan fingerprint density at radius 1 is 1.39 bits per heavy atom. The van der Waals surface area contributed by atoms with Crippen molar-refractivity contribution in [1.29, 1.82) is 5.39 Å². The van der Waals surface area contributed by atoms with E-state index >= 15 is 0 Å². The Kier molecular flexibility index (Phi) is 3.28. The van der Waals surface area contributed by atoms with Crippen molar-refractivity contribution in [1.82, 2.24) is 4.90 Å². The molecule has 1 N–H and O–H groups in total. The molecule has 1 amide bonds. The number of aliphatic hydroxyl groups is 1. The number of benzene rings is 1. The molecule has 5 nitrogen and oxygen atoms in total. The van der Waals surface area contributed by atoms with Crippen LogP contribution in [0.2, 0.25) is 0 Å². The Morgan fingerprint density at radius 3 is 2.67 bits per heavy atom. The number of diazo groups is 1. The van der Waals surface area contributed by atoms with Crippen LogP contribution in [0.5, 0.6) is 0 Å². The SMILES string of the molecule is C/C(O)=C(\[N+]#N)C(=O)N1CCc2ccccc2C1. The maximum atomic E-state index is 12.0. The summed E-state index contributed by atoms with van der Waals surface area (Å²) in [5.41, 5.74) is 2.02. The summed E-state index contributed by atoms with van der Waals surface area (Å²) in [6.07, 6.45) is 0.769. The molecule has 92 valence electrons. The average Bonchev–Trinajstić information content (AvgIpc) is 2.38. The van der Waals surface area contributed by atoms with Crippen LogP contribution < -0.4 is 0 Å². The number of amides is 1. The van der Waals surface area contributed by atoms with Crippen molar-refractivity contribution >= 4 is 5.91 Å². The second-order valence-corrected chi connectivity index (χ2v) is 4.28. The van der Waals surface area contributed by atoms with Gasteiger partial charge in [0.25, 0.3) is 0 Å². The molecule has 1 heterocycles. The molecule has 5 heteroatoms. The van der Waals surface area contributed by atoms with E-state index in [9.17, 15) is 9.90 Å². The van der Waals surface area contributed by atoms with Crippen molar-refractivity contribution in [2.45, 2.75) is 19.9 Å². The Balaban J connectivity index is 2.22. The summed E-state index contributed by atoms with van der Waals surface area (Å²) in [7, 11) is 0. The maximum absolute atomic E-state index is 12.0. The zero-order valence-electron chi connectivity index (χ0n) is 10.1. The predicted octanol–water partition coefficient (Wildman–Crippen LogP) is 2.21. The fraction of sp³-hybridized carbons (Fsp3) is 0.308. The minimum Gasteiger partial charge on any atom is -0.505 e. The fourth-order valence-electron chi connectivity index (χ4n) is 2.09. The lowest BCUT2D eigenvalue weighted by Crippen LogP contribution is -2.36. The molecular weight excluding hydrogens is 230 g/mol. The van der Waals surface area contributed by atoms with Crippen LogP contribution in [0.4, 0.5) is 0 Å². The number of nitrogens with zero attached hydrogens (tertiary/aromatic N) is 3. The molecule has 0 bridgehead atoms. The summed E-state index contributed by atoms with van der Waals surface area (Å²) < 4.78 is 0. The van der Waals surface area contributed by atoms with Crippen LogP contribution in [0, 0.1) is 5.39 Å². The standard InChI is InChI=1S/C13H13N3O2/c1-9(17)12(15-14)13(18)16-7-6-10-4-2-3-5-11(10)8-16/h2-5H,6-8H2,1H3/p+1. The first-order valence-corrected chi connectivity index (χ1v) is 5.74. The van der Waals surface area contributed by atoms with Crippen molar-refractivity contribution < 1.29 is 9.90 Å². The second-order valence-electron chi connectivity index (χ2n) is 4.28. The van der Waals surface area contributed by atoms with Crippen LogP contribution in [0.1, 0.15) is 18.1 Å². The number of allylic oxidation sites excluding steroid dienone is 1. The highest BCUT2D eigenvalue weighted by Crippen LogP contribution is 2.20. The van der Waals surface area contributed by atoms with E-state index in [4.69, 9.17) is 5.39 Å². The third-order valence-electron chi connectivity index (χ3n) is 3.06. The number of carbonyl (C=O) groups is 1. The maximum Gasteiger partial charge on any atom is 0.485 e. The van der Waals surface area contributed by atoms with Crippen LogP contribution >= 0.6 is 0 Å². The highest BCUT2D eigenvalue weighted by atomic mass is 16.3. The van der Waals surface area contributed by atoms with Gasteiger partial charge in [0.15, 0.2) is 10.7 Å². The van der Waals surface area contributed by atoms with E-state index in [1.807, 2.05) is 24.3 Å². The summed E-state index contributed by atoms with van der Waals surface area (Å²) in [6, 6.07) is 7.92. The highest BCUT2D eigenvalue weighted by molar-refractivity contribution is 5.95. The van der Waals surface area contributed by atoms with Gasteiger partial charge in [0.05, 0.1) is 0 Å². The van der Waals surface area contributed by atoms with Gasteiger partial charge in [-0.2, -0.15) is 0 Å². The van der Waals surface area contributed by atoms with E-state index in [0.29, 0.717) is 13.1 Å². The van der Waals surface area contributed by atoms with Crippen molar-refractivity contribution in [3.63, 3.8) is 0 Å². The van der Waals surface area contributed by atoms with Gasteiger partial charge in [0.1, 0.15) is 0 Å². The number of rotatable bonds is 1. The molecule has 18 heavy (non-hydrogen) atoms. The van der Waals surface area contributed by atoms with Gasteiger partial charge in [0, 0.05) is 20.0 Å². The molecule has 1 aliphatic rings. The zero-order valence-corrected chi connectivity index (χ0v) is 10.1. The first-order valence-electron chi connectivity index (χ1n) is 5.74. The number of fused-ring (bicyclic) bond motifs is 1. The first-order chi connectivity index (χ1) is 8.63. The summed E-state index contributed by atoms with van der Waals surface area (Å²) in [5.74, 6) is -0.728. The Labute approximate surface area is 105 Å². The van der Waals surface area contributed by atoms with Gasteiger partial charge in [-0.15, -0.1) is 0 Å². The fourth-order valence-corrected chi connectivity index (χ4v) is 2.09. The van der Waals surface area contributed by atoms with Crippen molar-refractivity contribution in [3.8, 4) is 0 Å². The summed E-state index contributed by atoms with van der Waals surface area (Å²) in [6.45, 7) is 2.36. The predicted molar refractivity (Wildman–Crippen MR) is 66.0 cm³/mol. The average molecular weight is 244 g/mol. The van der Waals surface area contributed by atoms with Gasteiger partial charge in [-0.05, 0) is 17.5 Å². The molecule has 0 radical (unpaired) electrons. The monoisotopic (exact) mass is 244 g/mol. The van der Waals surface area contributed by atoms with E-state index in [2.05, 4.69) is 4.98 Å². The molecule has 0 saturated heterocycles. The molecule has 0 unspecified atom stereocenters. The largest absolute Gasteiger partial charge is 0.505 e. The minimum atomic E-state index is -0.452. The topological polar surface area (TPSA) is 68.7 Å². The summed E-state index contributed by atoms with van der Waals surface area (Å²) in [4.78, 5) is 16.5. The molecule has 1 aromatic rings. The molecular formula is C13H14N3O2+. The van der Waals surface area contributed by atoms with Gasteiger partial charge in [-0.3, -0.25) is 4.79 Å². The van der Waals surface area contributed by atoms with E-state index in [1.165, 1.54) is 12.5 Å². The molecule has 0 aromatic heterocycles. The molecule has 0 spiro atoms. The minimum absolute atomic E-state index is 0.277. The number of hydrogen-bond acceptors (Lipinski definition) is 3. The van der Waals surface area contributed by atoms with E-state index in [1.54, 1.807) is 4.90 Å². The van der Waals surface area contributed by atoms with Crippen LogP contribution in [-0.2, 0) is 17.8 Å². The lowest BCUT2D eigenvalue weighted by Gasteiger charge is -2.26. The van der Waals surface area contributed by atoms with E-state index in [0.717, 1.165) is 12.0 Å². The molecule has 0 atom stereocenters. The highest BCUT2D eigenvalue weighted by Gasteiger charge is 2.33. The van der Waals surface area contributed by atoms with Crippen molar-refractivity contribution in [2.75, 3.05) is 6.54 Å². The Hall–Kier alpha value is -2.35. The second kappa shape index (κ2) is 4.88. The Bertz CT molecular complexity index is 554. The Morgan fingerprint density at radius 2 is 2.06 bits per heavy atom. The smallest absolute Gasteiger partial charge is 0.485 e. The van der Waals surface area contributed by atoms with Crippen LogP contribution in [0.3, 0.4) is 0 Å². The molecule has 0 saturated carbocycles. The van der Waals surface area contributed by atoms with Crippen LogP contribution in [0.25, 0.3) is 4.98 Å². The number of carbonyl (C=O) groups excluding carboxylic acids is 1. The third kappa shape index (κ3) is 2.18. The van der Waals surface area contributed by atoms with Crippen LogP contribution in [0.15, 0.2) is 35.7 Å². The van der Waals surface area contributed by atoms with Gasteiger partial charge < -0.3 is 10.0 Å². The van der Waals surface area contributed by atoms with E-state index < -0.39 is 5.91 Å². The number of hydrogen-bond donors (Lipinski definition) is 1. The zero-order chi connectivity index (χ0) is 13.1. The van der Waals surface area contributed by atoms with Crippen molar-refractivity contribution in [2.24, 2.45) is 0 Å². The van der Waals surface area contributed by atoms with Gasteiger partial charge in [-0.1, -0.05) is 24.3 Å². The lowest BCUT2D eigenvalue weighted by atomic mass is 10.00. The summed E-state index contributed by atoms with van der Waals surface area (Å²) in [5, 5.41) is 18.0. The van der Waals surface area contributed by atoms with Gasteiger partial charge >= 0.3 is 11.6 Å². The normalized spacial score (nSPS) is 15.4. The lowest BCUT2D eigenvalue weighted by molar-refractivity contribution is -0.127. The van der Waals surface area contributed by atoms with E-state index in [-0.39, 0.29) is 11.5 Å². The number of aliphatic hydroxyl groups excluding tert-OH is 1. The first kappa shape index (κ1) is 12.1. The third-order valence-corrected chi connectivity index (χ3v) is 3.06. The van der Waals surface area contributed by atoms with Gasteiger partial charge in [-0.25, -0.2) is 0 Å².